The average molecular weight is 403 g/mol. The van der Waals surface area contributed by atoms with Crippen molar-refractivity contribution in [2.24, 2.45) is 0 Å². The molecule has 0 aliphatic carbocycles. The molecular formula is C23H25N5O2. The smallest absolute Gasteiger partial charge is 0.291 e. The van der Waals surface area contributed by atoms with E-state index in [1.165, 1.54) is 10.4 Å². The third-order valence-corrected chi connectivity index (χ3v) is 5.24. The summed E-state index contributed by atoms with van der Waals surface area (Å²) >= 11 is 0. The molecular weight excluding hydrogens is 378 g/mol. The molecule has 154 valence electrons. The van der Waals surface area contributed by atoms with Crippen LogP contribution in [0, 0.1) is 0 Å². The molecule has 7 nitrogen and oxygen atoms in total. The minimum absolute atomic E-state index is 0.0969. The first-order chi connectivity index (χ1) is 14.7. The molecule has 2 N–H and O–H groups in total. The van der Waals surface area contributed by atoms with Crippen molar-refractivity contribution in [1.29, 1.82) is 0 Å². The number of hydrogen-bond acceptors (Lipinski definition) is 4. The quantitative estimate of drug-likeness (QED) is 0.443. The van der Waals surface area contributed by atoms with Gasteiger partial charge in [0.2, 0.25) is 5.91 Å². The lowest BCUT2D eigenvalue weighted by Gasteiger charge is -2.23. The third-order valence-electron chi connectivity index (χ3n) is 5.24. The van der Waals surface area contributed by atoms with Gasteiger partial charge in [-0.15, -0.1) is 0 Å². The van der Waals surface area contributed by atoms with Crippen molar-refractivity contribution in [2.45, 2.75) is 19.9 Å². The number of anilines is 1. The molecule has 2 aromatic carbocycles. The molecule has 0 aliphatic heterocycles. The highest BCUT2D eigenvalue weighted by Gasteiger charge is 2.12. The summed E-state index contributed by atoms with van der Waals surface area (Å²) in [4.78, 5) is 30.5. The van der Waals surface area contributed by atoms with Gasteiger partial charge in [-0.25, -0.2) is 4.68 Å². The van der Waals surface area contributed by atoms with Gasteiger partial charge in [-0.3, -0.25) is 9.59 Å². The molecule has 0 spiro atoms. The van der Waals surface area contributed by atoms with Crippen LogP contribution in [0.15, 0.2) is 65.6 Å². The van der Waals surface area contributed by atoms with Crippen LogP contribution in [-0.4, -0.2) is 40.3 Å². The van der Waals surface area contributed by atoms with Gasteiger partial charge in [0.25, 0.3) is 5.56 Å². The maximum Gasteiger partial charge on any atom is 0.291 e. The number of fused-ring (bicyclic) bond motifs is 3. The summed E-state index contributed by atoms with van der Waals surface area (Å²) in [6, 6.07) is 17.9. The highest BCUT2D eigenvalue weighted by molar-refractivity contribution is 6.06. The van der Waals surface area contributed by atoms with E-state index >= 15 is 0 Å². The molecule has 0 radical (unpaired) electrons. The molecule has 0 unspecified atom stereocenters. The third kappa shape index (κ3) is 4.05. The normalized spacial score (nSPS) is 11.1. The summed E-state index contributed by atoms with van der Waals surface area (Å²) in [5, 5.41) is 8.80. The molecule has 2 heterocycles. The van der Waals surface area contributed by atoms with Crippen LogP contribution in [0.1, 0.15) is 13.3 Å². The van der Waals surface area contributed by atoms with Crippen molar-refractivity contribution < 1.29 is 4.79 Å². The van der Waals surface area contributed by atoms with E-state index in [0.29, 0.717) is 12.1 Å². The van der Waals surface area contributed by atoms with Gasteiger partial charge in [0, 0.05) is 41.6 Å². The van der Waals surface area contributed by atoms with Gasteiger partial charge >= 0.3 is 0 Å². The van der Waals surface area contributed by atoms with Gasteiger partial charge in [-0.05, 0) is 31.5 Å². The zero-order valence-electron chi connectivity index (χ0n) is 17.0. The van der Waals surface area contributed by atoms with Crippen LogP contribution >= 0.6 is 0 Å². The Hall–Kier alpha value is -3.61. The molecule has 4 aromatic rings. The lowest BCUT2D eigenvalue weighted by atomic mass is 10.2. The van der Waals surface area contributed by atoms with Crippen LogP contribution in [0.5, 0.6) is 0 Å². The van der Waals surface area contributed by atoms with Crippen molar-refractivity contribution in [2.75, 3.05) is 24.5 Å². The van der Waals surface area contributed by atoms with E-state index in [2.05, 4.69) is 39.4 Å². The second-order valence-electron chi connectivity index (χ2n) is 7.19. The van der Waals surface area contributed by atoms with E-state index in [4.69, 9.17) is 0 Å². The molecule has 1 amide bonds. The highest BCUT2D eigenvalue weighted by atomic mass is 16.2. The first-order valence-electron chi connectivity index (χ1n) is 10.2. The number of carbonyl (C=O) groups is 1. The fourth-order valence-corrected chi connectivity index (χ4v) is 3.69. The first-order valence-corrected chi connectivity index (χ1v) is 10.2. The number of rotatable bonds is 8. The summed E-state index contributed by atoms with van der Waals surface area (Å²) in [5.41, 5.74) is 2.24. The standard InChI is InChI=1S/C23H25N5O2/c1-2-27(17-9-4-3-5-10-17)14-8-13-24-21(29)16-28-23(30)22-19(15-25-28)18-11-6-7-12-20(18)26-22/h3-7,9-12,15,26H,2,8,13-14,16H2,1H3,(H,24,29). The van der Waals surface area contributed by atoms with Crippen molar-refractivity contribution in [1.82, 2.24) is 20.1 Å². The Morgan fingerprint density at radius 2 is 1.87 bits per heavy atom. The summed E-state index contributed by atoms with van der Waals surface area (Å²) < 4.78 is 1.20. The number of nitrogens with one attached hydrogen (secondary N) is 2. The Kier molecular flexibility index (Phi) is 5.79. The van der Waals surface area contributed by atoms with Crippen LogP contribution in [0.2, 0.25) is 0 Å². The Morgan fingerprint density at radius 3 is 2.67 bits per heavy atom. The van der Waals surface area contributed by atoms with Gasteiger partial charge in [0.15, 0.2) is 0 Å². The van der Waals surface area contributed by atoms with E-state index < -0.39 is 0 Å². The molecule has 0 fully saturated rings. The summed E-state index contributed by atoms with van der Waals surface area (Å²) in [6.45, 7) is 4.32. The monoisotopic (exact) mass is 403 g/mol. The van der Waals surface area contributed by atoms with Crippen LogP contribution in [-0.2, 0) is 11.3 Å². The Morgan fingerprint density at radius 1 is 1.10 bits per heavy atom. The molecule has 2 aromatic heterocycles. The van der Waals surface area contributed by atoms with Gasteiger partial charge < -0.3 is 15.2 Å². The molecule has 0 bridgehead atoms. The Labute approximate surface area is 174 Å². The molecule has 30 heavy (non-hydrogen) atoms. The average Bonchev–Trinajstić information content (AvgIpc) is 3.16. The van der Waals surface area contributed by atoms with E-state index in [0.717, 1.165) is 35.8 Å². The van der Waals surface area contributed by atoms with Crippen molar-refractivity contribution in [3.8, 4) is 0 Å². The highest BCUT2D eigenvalue weighted by Crippen LogP contribution is 2.21. The summed E-state index contributed by atoms with van der Waals surface area (Å²) in [6.07, 6.45) is 2.46. The number of amides is 1. The van der Waals surface area contributed by atoms with Gasteiger partial charge in [0.05, 0.1) is 6.20 Å². The summed E-state index contributed by atoms with van der Waals surface area (Å²) in [7, 11) is 0. The van der Waals surface area contributed by atoms with Crippen molar-refractivity contribution in [3.63, 3.8) is 0 Å². The SMILES string of the molecule is CCN(CCCNC(=O)Cn1ncc2c([nH]c3ccccc32)c1=O)c1ccccc1. The first kappa shape index (κ1) is 19.7. The Bertz CT molecular complexity index is 1210. The molecule has 0 aliphatic rings. The predicted molar refractivity (Wildman–Crippen MR) is 120 cm³/mol. The van der Waals surface area contributed by atoms with Gasteiger partial charge in [0.1, 0.15) is 12.1 Å². The topological polar surface area (TPSA) is 83.0 Å². The number of carbonyl (C=O) groups excluding carboxylic acids is 1. The van der Waals surface area contributed by atoms with E-state index in [-0.39, 0.29) is 18.0 Å². The molecule has 0 saturated carbocycles. The molecule has 0 saturated heterocycles. The molecule has 7 heteroatoms. The number of benzene rings is 2. The van der Waals surface area contributed by atoms with E-state index in [1.54, 1.807) is 6.20 Å². The Balaban J connectivity index is 1.35. The largest absolute Gasteiger partial charge is 0.372 e. The fraction of sp³-hybridized carbons (Fsp3) is 0.261. The minimum atomic E-state index is -0.292. The number of aromatic amines is 1. The zero-order chi connectivity index (χ0) is 20.9. The number of H-pyrrole nitrogens is 1. The minimum Gasteiger partial charge on any atom is -0.372 e. The lowest BCUT2D eigenvalue weighted by Crippen LogP contribution is -2.35. The number of nitrogens with zero attached hydrogens (tertiary/aromatic N) is 3. The predicted octanol–water partition coefficient (Wildman–Crippen LogP) is 2.91. The van der Waals surface area contributed by atoms with Crippen LogP contribution in [0.4, 0.5) is 5.69 Å². The number of hydrogen-bond donors (Lipinski definition) is 2. The van der Waals surface area contributed by atoms with E-state index in [9.17, 15) is 9.59 Å². The summed E-state index contributed by atoms with van der Waals surface area (Å²) in [5.74, 6) is -0.220. The lowest BCUT2D eigenvalue weighted by molar-refractivity contribution is -0.121. The van der Waals surface area contributed by atoms with E-state index in [1.807, 2.05) is 42.5 Å². The van der Waals surface area contributed by atoms with Gasteiger partial charge in [-0.2, -0.15) is 5.10 Å². The molecule has 4 rings (SSSR count). The van der Waals surface area contributed by atoms with Crippen molar-refractivity contribution in [3.05, 3.63) is 71.1 Å². The number of aromatic nitrogens is 3. The van der Waals surface area contributed by atoms with Crippen molar-refractivity contribution >= 4 is 33.4 Å². The molecule has 0 atom stereocenters. The fourth-order valence-electron chi connectivity index (χ4n) is 3.69. The van der Waals surface area contributed by atoms with Crippen LogP contribution in [0.3, 0.4) is 0 Å². The maximum absolute atomic E-state index is 12.7. The van der Waals surface area contributed by atoms with Crippen LogP contribution in [0.25, 0.3) is 21.8 Å². The zero-order valence-corrected chi connectivity index (χ0v) is 17.0. The number of para-hydroxylation sites is 2. The van der Waals surface area contributed by atoms with Gasteiger partial charge in [-0.1, -0.05) is 36.4 Å². The second kappa shape index (κ2) is 8.82. The maximum atomic E-state index is 12.7. The second-order valence-corrected chi connectivity index (χ2v) is 7.19. The van der Waals surface area contributed by atoms with Crippen LogP contribution < -0.4 is 15.8 Å².